The molecule has 40 valence electrons. The van der Waals surface area contributed by atoms with Gasteiger partial charge in [0.1, 0.15) is 0 Å². The fourth-order valence-electron chi connectivity index (χ4n) is 0. The molecule has 0 fully saturated rings. The zero-order chi connectivity index (χ0) is 4.50. The second-order valence-electron chi connectivity index (χ2n) is 0.408. The SMILES string of the molecule is Cl.O=S(=O)([O-])[O-]. The summed E-state index contributed by atoms with van der Waals surface area (Å²) in [7, 11) is -5.17. The lowest BCUT2D eigenvalue weighted by Gasteiger charge is -2.06. The second kappa shape index (κ2) is 2.35. The van der Waals surface area contributed by atoms with E-state index in [0.29, 0.717) is 0 Å². The van der Waals surface area contributed by atoms with Gasteiger partial charge in [0.15, 0.2) is 0 Å². The van der Waals surface area contributed by atoms with Gasteiger partial charge >= 0.3 is 0 Å². The quantitative estimate of drug-likeness (QED) is 0.316. The van der Waals surface area contributed by atoms with E-state index in [1.165, 1.54) is 0 Å². The summed E-state index contributed by atoms with van der Waals surface area (Å²) in [5.41, 5.74) is 0. The van der Waals surface area contributed by atoms with Gasteiger partial charge in [-0.25, -0.2) is 0 Å². The van der Waals surface area contributed by atoms with Crippen LogP contribution in [0.15, 0.2) is 0 Å². The van der Waals surface area contributed by atoms with Crippen LogP contribution in [0.5, 0.6) is 0 Å². The minimum atomic E-state index is -5.17. The number of rotatable bonds is 0. The Bertz CT molecular complexity index is 90.7. The van der Waals surface area contributed by atoms with Crippen LogP contribution in [0.1, 0.15) is 0 Å². The van der Waals surface area contributed by atoms with Gasteiger partial charge in [-0.3, -0.25) is 8.42 Å². The molecule has 0 N–H and O–H groups in total. The first kappa shape index (κ1) is 9.48. The Labute approximate surface area is 41.2 Å². The first-order valence-corrected chi connectivity index (χ1v) is 2.00. The highest BCUT2D eigenvalue weighted by atomic mass is 35.5. The molecular weight excluding hydrogens is 132 g/mol. The molecular formula is HClO4S-2. The summed E-state index contributed by atoms with van der Waals surface area (Å²) >= 11 is 0. The molecule has 6 heavy (non-hydrogen) atoms. The summed E-state index contributed by atoms with van der Waals surface area (Å²) < 4.78 is 34.1. The molecule has 0 radical (unpaired) electrons. The molecule has 0 spiro atoms. The van der Waals surface area contributed by atoms with E-state index in [4.69, 9.17) is 17.5 Å². The highest BCUT2D eigenvalue weighted by Gasteiger charge is 1.49. The van der Waals surface area contributed by atoms with Crippen LogP contribution < -0.4 is 0 Å². The van der Waals surface area contributed by atoms with E-state index in [2.05, 4.69) is 0 Å². The van der Waals surface area contributed by atoms with E-state index in [1.807, 2.05) is 0 Å². The Morgan fingerprint density at radius 2 is 1.17 bits per heavy atom. The smallest absolute Gasteiger partial charge is 0.0311 e. The molecule has 4 nitrogen and oxygen atoms in total. The Kier molecular flexibility index (Phi) is 3.72. The molecule has 0 aliphatic carbocycles. The standard InChI is InChI=1S/ClH.H2O4S/c;1-5(2,3)4/h1H;(H2,1,2,3,4)/p-2. The lowest BCUT2D eigenvalue weighted by atomic mass is 15.8. The first-order valence-electron chi connectivity index (χ1n) is 0.667. The highest BCUT2D eigenvalue weighted by molar-refractivity contribution is 7.79. The van der Waals surface area contributed by atoms with Crippen molar-refractivity contribution in [3.8, 4) is 0 Å². The normalized spacial score (nSPS) is 9.67. The van der Waals surface area contributed by atoms with Crippen LogP contribution in [-0.2, 0) is 10.4 Å². The van der Waals surface area contributed by atoms with Crippen LogP contribution in [-0.4, -0.2) is 17.5 Å². The van der Waals surface area contributed by atoms with Crippen molar-refractivity contribution in [1.82, 2.24) is 0 Å². The topological polar surface area (TPSA) is 80.3 Å². The summed E-state index contributed by atoms with van der Waals surface area (Å²) in [5, 5.41) is 0. The van der Waals surface area contributed by atoms with Gasteiger partial charge in [-0.15, -0.1) is 12.4 Å². The molecule has 0 bridgehead atoms. The van der Waals surface area contributed by atoms with Crippen molar-refractivity contribution in [3.63, 3.8) is 0 Å². The molecule has 0 amide bonds. The van der Waals surface area contributed by atoms with Gasteiger partial charge in [0.25, 0.3) is 0 Å². The van der Waals surface area contributed by atoms with Crippen LogP contribution in [0.25, 0.3) is 0 Å². The van der Waals surface area contributed by atoms with Crippen molar-refractivity contribution in [2.75, 3.05) is 0 Å². The maximum Gasteiger partial charge on any atom is 0.0311 e. The van der Waals surface area contributed by atoms with E-state index < -0.39 is 10.4 Å². The van der Waals surface area contributed by atoms with Gasteiger partial charge in [0, 0.05) is 10.4 Å². The summed E-state index contributed by atoms with van der Waals surface area (Å²) in [6.07, 6.45) is 0. The predicted octanol–water partition coefficient (Wildman–Crippen LogP) is -0.916. The van der Waals surface area contributed by atoms with Gasteiger partial charge in [0.2, 0.25) is 0 Å². The number of halogens is 1. The predicted molar refractivity (Wildman–Crippen MR) is 17.7 cm³/mol. The zero-order valence-electron chi connectivity index (χ0n) is 2.45. The average molecular weight is 133 g/mol. The minimum Gasteiger partial charge on any atom is -0.759 e. The average Bonchev–Trinajstić information content (AvgIpc) is 0.722. The fraction of sp³-hybridized carbons (Fsp3) is 0. The third-order valence-electron chi connectivity index (χ3n) is 0. The molecule has 0 aromatic heterocycles. The van der Waals surface area contributed by atoms with Crippen molar-refractivity contribution in [2.45, 2.75) is 0 Å². The Morgan fingerprint density at radius 1 is 1.17 bits per heavy atom. The summed E-state index contributed by atoms with van der Waals surface area (Å²) in [6.45, 7) is 0. The molecule has 0 unspecified atom stereocenters. The van der Waals surface area contributed by atoms with Gasteiger partial charge in [-0.05, 0) is 0 Å². The van der Waals surface area contributed by atoms with Crippen molar-refractivity contribution in [3.05, 3.63) is 0 Å². The molecule has 0 aromatic carbocycles. The highest BCUT2D eigenvalue weighted by Crippen LogP contribution is 1.57. The van der Waals surface area contributed by atoms with Crippen molar-refractivity contribution in [1.29, 1.82) is 0 Å². The monoisotopic (exact) mass is 132 g/mol. The molecule has 6 heteroatoms. The zero-order valence-corrected chi connectivity index (χ0v) is 4.08. The summed E-state index contributed by atoms with van der Waals surface area (Å²) in [6, 6.07) is 0. The van der Waals surface area contributed by atoms with Gasteiger partial charge in [-0.1, -0.05) is 0 Å². The second-order valence-corrected chi connectivity index (χ2v) is 1.22. The van der Waals surface area contributed by atoms with Crippen molar-refractivity contribution in [2.24, 2.45) is 0 Å². The Morgan fingerprint density at radius 3 is 1.17 bits per heavy atom. The van der Waals surface area contributed by atoms with Crippen LogP contribution in [0.2, 0.25) is 0 Å². The van der Waals surface area contributed by atoms with Gasteiger partial charge < -0.3 is 9.11 Å². The molecule has 0 heterocycles. The summed E-state index contributed by atoms with van der Waals surface area (Å²) in [5.74, 6) is 0. The lowest BCUT2D eigenvalue weighted by molar-refractivity contribution is 0.352. The van der Waals surface area contributed by atoms with E-state index >= 15 is 0 Å². The van der Waals surface area contributed by atoms with Crippen LogP contribution in [0, 0.1) is 0 Å². The maximum absolute atomic E-state index is 8.52. The van der Waals surface area contributed by atoms with Gasteiger partial charge in [-0.2, -0.15) is 0 Å². The van der Waals surface area contributed by atoms with E-state index in [0.717, 1.165) is 0 Å². The third-order valence-corrected chi connectivity index (χ3v) is 0. The van der Waals surface area contributed by atoms with Crippen LogP contribution in [0.4, 0.5) is 0 Å². The molecule has 0 aliphatic heterocycles. The van der Waals surface area contributed by atoms with E-state index in [-0.39, 0.29) is 12.4 Å². The van der Waals surface area contributed by atoms with Crippen molar-refractivity contribution < 1.29 is 17.5 Å². The minimum absolute atomic E-state index is 0. The Hall–Kier alpha value is 0.160. The number of hydrogen-bond donors (Lipinski definition) is 0. The molecule has 0 aliphatic rings. The Balaban J connectivity index is 0. The van der Waals surface area contributed by atoms with Crippen LogP contribution in [0.3, 0.4) is 0 Å². The summed E-state index contributed by atoms with van der Waals surface area (Å²) in [4.78, 5) is 0. The van der Waals surface area contributed by atoms with Gasteiger partial charge in [0.05, 0.1) is 0 Å². The number of hydrogen-bond acceptors (Lipinski definition) is 4. The maximum atomic E-state index is 8.52. The van der Waals surface area contributed by atoms with Crippen LogP contribution >= 0.6 is 12.4 Å². The molecule has 0 rings (SSSR count). The van der Waals surface area contributed by atoms with E-state index in [1.54, 1.807) is 0 Å². The lowest BCUT2D eigenvalue weighted by Crippen LogP contribution is -1.91. The molecule has 0 atom stereocenters. The fourth-order valence-corrected chi connectivity index (χ4v) is 0. The first-order chi connectivity index (χ1) is 2.00. The molecule has 0 aromatic rings. The largest absolute Gasteiger partial charge is 0.759 e. The molecule has 0 saturated carbocycles. The van der Waals surface area contributed by atoms with Crippen molar-refractivity contribution >= 4 is 22.8 Å². The molecule has 0 saturated heterocycles. The third kappa shape index (κ3) is 1620. The van der Waals surface area contributed by atoms with E-state index in [9.17, 15) is 0 Å².